The third-order valence-electron chi connectivity index (χ3n) is 4.67. The summed E-state index contributed by atoms with van der Waals surface area (Å²) in [6, 6.07) is 6.07. The fourth-order valence-electron chi connectivity index (χ4n) is 2.92. The predicted molar refractivity (Wildman–Crippen MR) is 134 cm³/mol. The Morgan fingerprint density at radius 2 is 1.62 bits per heavy atom. The third kappa shape index (κ3) is 8.94. The van der Waals surface area contributed by atoms with Crippen molar-refractivity contribution in [2.75, 3.05) is 6.54 Å². The van der Waals surface area contributed by atoms with Crippen molar-refractivity contribution in [2.45, 2.75) is 25.2 Å². The van der Waals surface area contributed by atoms with Crippen LogP contribution in [-0.2, 0) is 4.79 Å². The number of carbonyl (C=O) groups is 2. The van der Waals surface area contributed by atoms with E-state index in [1.165, 1.54) is 31.2 Å². The maximum Gasteiger partial charge on any atom is 0.405 e. The molecule has 2 amide bonds. The molecule has 2 aromatic carbocycles. The molecule has 0 fully saturated rings. The monoisotopic (exact) mass is 650 g/mol. The van der Waals surface area contributed by atoms with Gasteiger partial charge in [0, 0.05) is 4.47 Å². The van der Waals surface area contributed by atoms with E-state index < -0.39 is 42.3 Å². The highest BCUT2D eigenvalue weighted by Gasteiger charge is 2.39. The van der Waals surface area contributed by atoms with Gasteiger partial charge in [0.1, 0.15) is 12.2 Å². The second-order valence-electron chi connectivity index (χ2n) is 7.37. The van der Waals surface area contributed by atoms with Gasteiger partial charge in [-0.05, 0) is 58.2 Å². The molecule has 200 valence electrons. The van der Waals surface area contributed by atoms with Crippen LogP contribution in [-0.4, -0.2) is 30.7 Å². The van der Waals surface area contributed by atoms with E-state index in [4.69, 9.17) is 34.8 Å². The van der Waals surface area contributed by atoms with Crippen LogP contribution in [0.15, 0.2) is 52.7 Å². The van der Waals surface area contributed by atoms with Crippen LogP contribution in [0.3, 0.4) is 0 Å². The molecule has 0 aliphatic carbocycles. The van der Waals surface area contributed by atoms with Crippen molar-refractivity contribution < 1.29 is 35.9 Å². The first-order chi connectivity index (χ1) is 17.0. The number of rotatable bonds is 7. The Morgan fingerprint density at radius 1 is 1.03 bits per heavy atom. The zero-order valence-corrected chi connectivity index (χ0v) is 22.4. The van der Waals surface area contributed by atoms with E-state index in [2.05, 4.69) is 21.2 Å². The SMILES string of the molecule is C/C=C(/NC(=O)c1ccc(/C=C/C(c2cc(Cl)c(Cl)c(Cl)c2)C(F)(F)F)cc1Br)C(=O)NCC(F)(F)F. The van der Waals surface area contributed by atoms with E-state index in [0.29, 0.717) is 0 Å². The molecule has 0 heterocycles. The average molecular weight is 653 g/mol. The van der Waals surface area contributed by atoms with Gasteiger partial charge in [0.2, 0.25) is 0 Å². The van der Waals surface area contributed by atoms with Crippen LogP contribution < -0.4 is 10.6 Å². The Kier molecular flexibility index (Phi) is 10.5. The summed E-state index contributed by atoms with van der Waals surface area (Å²) >= 11 is 20.7. The number of halogens is 10. The van der Waals surface area contributed by atoms with Crippen LogP contribution in [0.25, 0.3) is 6.08 Å². The molecule has 0 saturated heterocycles. The minimum Gasteiger partial charge on any atom is -0.342 e. The average Bonchev–Trinajstić information content (AvgIpc) is 2.78. The maximum absolute atomic E-state index is 13.7. The zero-order chi connectivity index (χ0) is 28.1. The Hall–Kier alpha value is -2.21. The lowest BCUT2D eigenvalue weighted by molar-refractivity contribution is -0.139. The number of hydrogen-bond acceptors (Lipinski definition) is 2. The van der Waals surface area contributed by atoms with E-state index in [1.807, 2.05) is 0 Å². The van der Waals surface area contributed by atoms with Crippen LogP contribution in [0.2, 0.25) is 15.1 Å². The molecule has 0 aliphatic rings. The van der Waals surface area contributed by atoms with Gasteiger partial charge in [-0.3, -0.25) is 9.59 Å². The molecule has 1 atom stereocenters. The van der Waals surface area contributed by atoms with E-state index in [-0.39, 0.29) is 36.2 Å². The summed E-state index contributed by atoms with van der Waals surface area (Å²) in [7, 11) is 0. The molecular formula is C23H16BrCl3F6N2O2. The minimum atomic E-state index is -4.69. The number of amides is 2. The van der Waals surface area contributed by atoms with Crippen molar-refractivity contribution in [3.63, 3.8) is 0 Å². The van der Waals surface area contributed by atoms with Crippen LogP contribution >= 0.6 is 50.7 Å². The summed E-state index contributed by atoms with van der Waals surface area (Å²) in [5.41, 5.74) is -0.402. The zero-order valence-electron chi connectivity index (χ0n) is 18.5. The van der Waals surface area contributed by atoms with Gasteiger partial charge in [-0.2, -0.15) is 26.3 Å². The van der Waals surface area contributed by atoms with Gasteiger partial charge in [0.15, 0.2) is 0 Å². The first kappa shape index (κ1) is 31.0. The van der Waals surface area contributed by atoms with Gasteiger partial charge in [0.05, 0.1) is 26.5 Å². The second kappa shape index (κ2) is 12.6. The number of alkyl halides is 6. The summed E-state index contributed by atoms with van der Waals surface area (Å²) < 4.78 is 78.3. The Bertz CT molecular complexity index is 1220. The smallest absolute Gasteiger partial charge is 0.342 e. The molecule has 0 radical (unpaired) electrons. The van der Waals surface area contributed by atoms with Crippen molar-refractivity contribution in [1.82, 2.24) is 10.6 Å². The number of nitrogens with one attached hydrogen (secondary N) is 2. The molecule has 0 bridgehead atoms. The molecule has 0 aliphatic heterocycles. The van der Waals surface area contributed by atoms with Crippen molar-refractivity contribution in [1.29, 1.82) is 0 Å². The maximum atomic E-state index is 13.7. The molecular weight excluding hydrogens is 637 g/mol. The van der Waals surface area contributed by atoms with Crippen LogP contribution in [0.4, 0.5) is 26.3 Å². The fourth-order valence-corrected chi connectivity index (χ4v) is 4.11. The summed E-state index contributed by atoms with van der Waals surface area (Å²) in [6.07, 6.45) is -6.17. The molecule has 0 spiro atoms. The highest BCUT2D eigenvalue weighted by molar-refractivity contribution is 9.10. The first-order valence-corrected chi connectivity index (χ1v) is 12.0. The largest absolute Gasteiger partial charge is 0.405 e. The van der Waals surface area contributed by atoms with Gasteiger partial charge < -0.3 is 10.6 Å². The van der Waals surface area contributed by atoms with Gasteiger partial charge in [-0.15, -0.1) is 0 Å². The van der Waals surface area contributed by atoms with E-state index >= 15 is 0 Å². The lowest BCUT2D eigenvalue weighted by Crippen LogP contribution is -2.39. The number of hydrogen-bond donors (Lipinski definition) is 2. The number of carbonyl (C=O) groups excluding carboxylic acids is 2. The van der Waals surface area contributed by atoms with Gasteiger partial charge in [-0.25, -0.2) is 0 Å². The third-order valence-corrected chi connectivity index (χ3v) is 6.52. The number of benzene rings is 2. The molecule has 2 N–H and O–H groups in total. The Labute approximate surface area is 230 Å². The quantitative estimate of drug-likeness (QED) is 0.181. The molecule has 1 unspecified atom stereocenters. The summed E-state index contributed by atoms with van der Waals surface area (Å²) in [5.74, 6) is -4.06. The van der Waals surface area contributed by atoms with Gasteiger partial charge >= 0.3 is 12.4 Å². The number of allylic oxidation sites excluding steroid dienone is 2. The van der Waals surface area contributed by atoms with E-state index in [9.17, 15) is 35.9 Å². The van der Waals surface area contributed by atoms with Crippen molar-refractivity contribution in [3.8, 4) is 0 Å². The van der Waals surface area contributed by atoms with Crippen molar-refractivity contribution >= 4 is 68.6 Å². The molecule has 14 heteroatoms. The Balaban J connectivity index is 2.24. The highest BCUT2D eigenvalue weighted by Crippen LogP contribution is 2.41. The van der Waals surface area contributed by atoms with Gasteiger partial charge in [0.25, 0.3) is 11.8 Å². The molecule has 0 aromatic heterocycles. The first-order valence-electron chi connectivity index (χ1n) is 10.0. The lowest BCUT2D eigenvalue weighted by Gasteiger charge is -2.18. The van der Waals surface area contributed by atoms with Crippen LogP contribution in [0, 0.1) is 0 Å². The topological polar surface area (TPSA) is 58.2 Å². The fraction of sp³-hybridized carbons (Fsp3) is 0.217. The molecule has 37 heavy (non-hydrogen) atoms. The minimum absolute atomic E-state index is 0.0243. The van der Waals surface area contributed by atoms with Crippen molar-refractivity contribution in [3.05, 3.63) is 84.4 Å². The Morgan fingerprint density at radius 3 is 2.11 bits per heavy atom. The second-order valence-corrected chi connectivity index (χ2v) is 9.42. The van der Waals surface area contributed by atoms with Crippen molar-refractivity contribution in [2.24, 2.45) is 0 Å². The normalized spacial score (nSPS) is 13.5. The lowest BCUT2D eigenvalue weighted by atomic mass is 9.97. The molecule has 2 rings (SSSR count). The van der Waals surface area contributed by atoms with E-state index in [0.717, 1.165) is 24.3 Å². The molecule has 4 nitrogen and oxygen atoms in total. The summed E-state index contributed by atoms with van der Waals surface area (Å²) in [4.78, 5) is 24.4. The van der Waals surface area contributed by atoms with Crippen LogP contribution in [0.1, 0.15) is 34.3 Å². The summed E-state index contributed by atoms with van der Waals surface area (Å²) in [6.45, 7) is -0.249. The molecule has 0 saturated carbocycles. The summed E-state index contributed by atoms with van der Waals surface area (Å²) in [5, 5.41) is 3.47. The van der Waals surface area contributed by atoms with Gasteiger partial charge in [-0.1, -0.05) is 59.1 Å². The van der Waals surface area contributed by atoms with Crippen LogP contribution in [0.5, 0.6) is 0 Å². The highest BCUT2D eigenvalue weighted by atomic mass is 79.9. The molecule has 2 aromatic rings. The standard InChI is InChI=1S/C23H16BrCl3F6N2O2/c1-2-18(21(37)34-10-22(28,29)30)35-20(36)13-5-3-11(7-15(13)24)4-6-14(23(31,32)33)12-8-16(25)19(27)17(26)9-12/h2-9,14H,10H2,1H3,(H,34,37)(H,35,36)/b6-4+,18-2+. The predicted octanol–water partition coefficient (Wildman–Crippen LogP) is 8.08. The van der Waals surface area contributed by atoms with E-state index in [1.54, 1.807) is 5.32 Å².